The molecule has 2 fully saturated rings. The van der Waals surface area contributed by atoms with E-state index >= 15 is 0 Å². The summed E-state index contributed by atoms with van der Waals surface area (Å²) < 4.78 is 28.6. The zero-order valence-corrected chi connectivity index (χ0v) is 11.9. The summed E-state index contributed by atoms with van der Waals surface area (Å²) in [5.41, 5.74) is 0. The Hall–Kier alpha value is -0.420. The average molecular weight is 274 g/mol. The van der Waals surface area contributed by atoms with Gasteiger partial charge in [0, 0.05) is 24.7 Å². The van der Waals surface area contributed by atoms with Gasteiger partial charge in [-0.2, -0.15) is 0 Å². The average Bonchev–Trinajstić information content (AvgIpc) is 2.73. The van der Waals surface area contributed by atoms with Crippen molar-refractivity contribution in [1.82, 2.24) is 0 Å². The molecule has 0 radical (unpaired) electrons. The summed E-state index contributed by atoms with van der Waals surface area (Å²) >= 11 is 0. The molecule has 0 bridgehead atoms. The summed E-state index contributed by atoms with van der Waals surface area (Å²) in [6.45, 7) is 2.59. The maximum atomic E-state index is 12.4. The molecule has 1 saturated carbocycles. The van der Waals surface area contributed by atoms with Gasteiger partial charge in [-0.25, -0.2) is 8.42 Å². The van der Waals surface area contributed by atoms with E-state index in [4.69, 9.17) is 4.74 Å². The van der Waals surface area contributed by atoms with Crippen molar-refractivity contribution in [3.8, 4) is 0 Å². The number of carbonyl (C=O) groups excluding carboxylic acids is 1. The molecular weight excluding hydrogens is 252 g/mol. The predicted octanol–water partition coefficient (Wildman–Crippen LogP) is 1.58. The minimum Gasteiger partial charge on any atom is -0.378 e. The SMILES string of the molecule is CC1OCCC1C(=O)C1CCCC(S(C)(=O)=O)C1. The summed E-state index contributed by atoms with van der Waals surface area (Å²) in [7, 11) is -3.01. The van der Waals surface area contributed by atoms with E-state index in [0.29, 0.717) is 19.4 Å². The van der Waals surface area contributed by atoms with Crippen LogP contribution in [0.4, 0.5) is 0 Å². The monoisotopic (exact) mass is 274 g/mol. The van der Waals surface area contributed by atoms with Gasteiger partial charge in [0.2, 0.25) is 0 Å². The Labute approximate surface area is 109 Å². The highest BCUT2D eigenvalue weighted by atomic mass is 32.2. The van der Waals surface area contributed by atoms with Gasteiger partial charge < -0.3 is 4.74 Å². The van der Waals surface area contributed by atoms with E-state index in [-0.39, 0.29) is 29.0 Å². The first kappa shape index (κ1) is 14.0. The van der Waals surface area contributed by atoms with Crippen molar-refractivity contribution in [3.63, 3.8) is 0 Å². The molecule has 18 heavy (non-hydrogen) atoms. The van der Waals surface area contributed by atoms with Gasteiger partial charge in [-0.15, -0.1) is 0 Å². The zero-order chi connectivity index (χ0) is 13.3. The second-order valence-corrected chi connectivity index (χ2v) is 8.01. The summed E-state index contributed by atoms with van der Waals surface area (Å²) in [6, 6.07) is 0. The third kappa shape index (κ3) is 2.94. The van der Waals surface area contributed by atoms with E-state index in [1.807, 2.05) is 6.92 Å². The lowest BCUT2D eigenvalue weighted by Gasteiger charge is -2.29. The van der Waals surface area contributed by atoms with Crippen molar-refractivity contribution >= 4 is 15.6 Å². The number of rotatable bonds is 3. The maximum Gasteiger partial charge on any atom is 0.150 e. The van der Waals surface area contributed by atoms with Crippen LogP contribution in [0.15, 0.2) is 0 Å². The van der Waals surface area contributed by atoms with Crippen LogP contribution in [0.5, 0.6) is 0 Å². The maximum absolute atomic E-state index is 12.4. The van der Waals surface area contributed by atoms with Crippen molar-refractivity contribution in [2.75, 3.05) is 12.9 Å². The highest BCUT2D eigenvalue weighted by Crippen LogP contribution is 2.34. The molecule has 1 heterocycles. The fraction of sp³-hybridized carbons (Fsp3) is 0.923. The van der Waals surface area contributed by atoms with Crippen LogP contribution in [0, 0.1) is 11.8 Å². The van der Waals surface area contributed by atoms with Gasteiger partial charge >= 0.3 is 0 Å². The Kier molecular flexibility index (Phi) is 4.11. The first-order valence-electron chi connectivity index (χ1n) is 6.74. The van der Waals surface area contributed by atoms with E-state index in [9.17, 15) is 13.2 Å². The molecule has 0 spiro atoms. The van der Waals surface area contributed by atoms with E-state index < -0.39 is 9.84 Å². The summed E-state index contributed by atoms with van der Waals surface area (Å²) in [6.07, 6.45) is 4.98. The molecule has 0 aromatic rings. The topological polar surface area (TPSA) is 60.4 Å². The van der Waals surface area contributed by atoms with Crippen LogP contribution >= 0.6 is 0 Å². The third-order valence-corrected chi connectivity index (χ3v) is 6.01. The molecule has 5 heteroatoms. The van der Waals surface area contributed by atoms with Crippen LogP contribution in [-0.4, -0.2) is 38.4 Å². The Morgan fingerprint density at radius 3 is 2.50 bits per heavy atom. The van der Waals surface area contributed by atoms with Gasteiger partial charge in [0.1, 0.15) is 15.6 Å². The molecule has 1 aliphatic heterocycles. The lowest BCUT2D eigenvalue weighted by atomic mass is 9.79. The number of carbonyl (C=O) groups is 1. The molecule has 0 aromatic carbocycles. The van der Waals surface area contributed by atoms with Crippen molar-refractivity contribution in [2.45, 2.75) is 50.4 Å². The molecule has 1 aliphatic carbocycles. The minimum absolute atomic E-state index is 0.00360. The number of sulfone groups is 1. The van der Waals surface area contributed by atoms with Crippen LogP contribution in [0.1, 0.15) is 39.0 Å². The smallest absolute Gasteiger partial charge is 0.150 e. The van der Waals surface area contributed by atoms with Crippen molar-refractivity contribution in [3.05, 3.63) is 0 Å². The van der Waals surface area contributed by atoms with Crippen LogP contribution in [0.2, 0.25) is 0 Å². The molecule has 104 valence electrons. The van der Waals surface area contributed by atoms with Crippen LogP contribution in [0.25, 0.3) is 0 Å². The summed E-state index contributed by atoms with van der Waals surface area (Å²) in [4.78, 5) is 12.4. The second-order valence-electron chi connectivity index (χ2n) is 5.69. The van der Waals surface area contributed by atoms with Gasteiger partial charge in [0.05, 0.1) is 11.4 Å². The van der Waals surface area contributed by atoms with Crippen molar-refractivity contribution in [2.24, 2.45) is 11.8 Å². The molecule has 4 nitrogen and oxygen atoms in total. The molecule has 0 N–H and O–H groups in total. The number of ether oxygens (including phenoxy) is 1. The van der Waals surface area contributed by atoms with Gasteiger partial charge in [-0.1, -0.05) is 6.42 Å². The normalized spacial score (nSPS) is 37.7. The second kappa shape index (κ2) is 5.29. The quantitative estimate of drug-likeness (QED) is 0.784. The minimum atomic E-state index is -3.01. The van der Waals surface area contributed by atoms with Gasteiger partial charge in [-0.3, -0.25) is 4.79 Å². The first-order valence-corrected chi connectivity index (χ1v) is 8.69. The van der Waals surface area contributed by atoms with E-state index in [2.05, 4.69) is 0 Å². The highest BCUT2D eigenvalue weighted by molar-refractivity contribution is 7.91. The zero-order valence-electron chi connectivity index (χ0n) is 11.1. The number of Topliss-reactive ketones (excluding diaryl/α,β-unsaturated/α-hetero) is 1. The largest absolute Gasteiger partial charge is 0.378 e. The Morgan fingerprint density at radius 1 is 1.22 bits per heavy atom. The van der Waals surface area contributed by atoms with E-state index in [0.717, 1.165) is 19.3 Å². The first-order chi connectivity index (χ1) is 8.39. The van der Waals surface area contributed by atoms with E-state index in [1.54, 1.807) is 0 Å². The van der Waals surface area contributed by atoms with E-state index in [1.165, 1.54) is 6.26 Å². The fourth-order valence-electron chi connectivity index (χ4n) is 3.20. The number of ketones is 1. The standard InChI is InChI=1S/C13H22O4S/c1-9-12(6-7-17-9)13(14)10-4-3-5-11(8-10)18(2,15)16/h9-12H,3-8H2,1-2H3. The third-order valence-electron chi connectivity index (χ3n) is 4.38. The lowest BCUT2D eigenvalue weighted by molar-refractivity contribution is -0.129. The Balaban J connectivity index is 2.02. The van der Waals surface area contributed by atoms with Crippen LogP contribution < -0.4 is 0 Å². The molecule has 4 atom stereocenters. The fourth-order valence-corrected chi connectivity index (χ4v) is 4.38. The molecule has 0 aromatic heterocycles. The Bertz CT molecular complexity index is 415. The van der Waals surface area contributed by atoms with Gasteiger partial charge in [-0.05, 0) is 32.6 Å². The van der Waals surface area contributed by atoms with Crippen molar-refractivity contribution < 1.29 is 17.9 Å². The van der Waals surface area contributed by atoms with Crippen molar-refractivity contribution in [1.29, 1.82) is 0 Å². The molecular formula is C13H22O4S. The molecule has 0 amide bonds. The molecule has 4 unspecified atom stereocenters. The van der Waals surface area contributed by atoms with Crippen LogP contribution in [-0.2, 0) is 19.4 Å². The summed E-state index contributed by atoms with van der Waals surface area (Å²) in [5, 5.41) is -0.321. The molecule has 2 rings (SSSR count). The Morgan fingerprint density at radius 2 is 1.94 bits per heavy atom. The predicted molar refractivity (Wildman–Crippen MR) is 69.1 cm³/mol. The van der Waals surface area contributed by atoms with Gasteiger partial charge in [0.25, 0.3) is 0 Å². The number of hydrogen-bond acceptors (Lipinski definition) is 4. The summed E-state index contributed by atoms with van der Waals surface area (Å²) in [5.74, 6) is 0.134. The number of hydrogen-bond donors (Lipinski definition) is 0. The highest BCUT2D eigenvalue weighted by Gasteiger charge is 2.38. The van der Waals surface area contributed by atoms with Crippen LogP contribution in [0.3, 0.4) is 0 Å². The molecule has 2 aliphatic rings. The molecule has 1 saturated heterocycles. The van der Waals surface area contributed by atoms with Gasteiger partial charge in [0.15, 0.2) is 0 Å². The lowest BCUT2D eigenvalue weighted by Crippen LogP contribution is -2.35.